The van der Waals surface area contributed by atoms with Crippen LogP contribution in [-0.4, -0.2) is 28.1 Å². The lowest BCUT2D eigenvalue weighted by molar-refractivity contribution is 0.101. The third-order valence-corrected chi connectivity index (χ3v) is 4.37. The topological polar surface area (TPSA) is 79.9 Å². The van der Waals surface area contributed by atoms with E-state index in [0.717, 1.165) is 33.6 Å². The van der Waals surface area contributed by atoms with E-state index in [2.05, 4.69) is 15.5 Å². The maximum Gasteiger partial charge on any atom is 0.159 e. The molecule has 6 nitrogen and oxygen atoms in total. The van der Waals surface area contributed by atoms with E-state index in [1.165, 1.54) is 0 Å². The van der Waals surface area contributed by atoms with Crippen LogP contribution in [0.3, 0.4) is 0 Å². The number of aromatic nitrogens is 3. The van der Waals surface area contributed by atoms with Gasteiger partial charge in [0.15, 0.2) is 5.78 Å². The van der Waals surface area contributed by atoms with E-state index in [0.29, 0.717) is 11.4 Å². The van der Waals surface area contributed by atoms with Gasteiger partial charge in [0.25, 0.3) is 0 Å². The Morgan fingerprint density at radius 1 is 1.07 bits per heavy atom. The average Bonchev–Trinajstić information content (AvgIpc) is 3.20. The van der Waals surface area contributed by atoms with Crippen LogP contribution in [0.2, 0.25) is 0 Å². The van der Waals surface area contributed by atoms with Gasteiger partial charge in [-0.25, -0.2) is 4.98 Å². The number of nitrogens with one attached hydrogen (secondary N) is 2. The number of ketones is 1. The smallest absolute Gasteiger partial charge is 0.159 e. The molecule has 0 aliphatic heterocycles. The maximum absolute atomic E-state index is 11.6. The van der Waals surface area contributed by atoms with Crippen LogP contribution in [0.1, 0.15) is 17.3 Å². The first-order valence-corrected chi connectivity index (χ1v) is 8.50. The largest absolute Gasteiger partial charge is 0.497 e. The predicted molar refractivity (Wildman–Crippen MR) is 106 cm³/mol. The van der Waals surface area contributed by atoms with E-state index >= 15 is 0 Å². The summed E-state index contributed by atoms with van der Waals surface area (Å²) in [6, 6.07) is 17.2. The molecule has 6 heteroatoms. The fourth-order valence-electron chi connectivity index (χ4n) is 2.97. The number of aromatic amines is 1. The van der Waals surface area contributed by atoms with E-state index in [-0.39, 0.29) is 5.78 Å². The van der Waals surface area contributed by atoms with Crippen LogP contribution in [0.15, 0.2) is 60.8 Å². The fourth-order valence-corrected chi connectivity index (χ4v) is 2.97. The highest BCUT2D eigenvalue weighted by atomic mass is 16.5. The van der Waals surface area contributed by atoms with Crippen molar-refractivity contribution in [3.63, 3.8) is 0 Å². The number of benzene rings is 2. The van der Waals surface area contributed by atoms with Crippen LogP contribution in [-0.2, 0) is 0 Å². The predicted octanol–water partition coefficient (Wildman–Crippen LogP) is 4.58. The van der Waals surface area contributed by atoms with Gasteiger partial charge < -0.3 is 10.1 Å². The normalized spacial score (nSPS) is 10.7. The minimum atomic E-state index is 0.0405. The van der Waals surface area contributed by atoms with Crippen molar-refractivity contribution >= 4 is 28.2 Å². The van der Waals surface area contributed by atoms with Gasteiger partial charge in [0.1, 0.15) is 17.4 Å². The van der Waals surface area contributed by atoms with Crippen molar-refractivity contribution in [1.29, 1.82) is 0 Å². The zero-order valence-electron chi connectivity index (χ0n) is 15.0. The molecule has 4 aromatic rings. The summed E-state index contributed by atoms with van der Waals surface area (Å²) in [4.78, 5) is 16.4. The van der Waals surface area contributed by atoms with Crippen LogP contribution >= 0.6 is 0 Å². The number of hydrogen-bond donors (Lipinski definition) is 2. The molecule has 0 aliphatic rings. The molecule has 0 amide bonds. The number of carbonyl (C=O) groups excluding carboxylic acids is 1. The van der Waals surface area contributed by atoms with Gasteiger partial charge in [0.2, 0.25) is 0 Å². The average molecular weight is 358 g/mol. The van der Waals surface area contributed by atoms with E-state index in [4.69, 9.17) is 9.72 Å². The van der Waals surface area contributed by atoms with Crippen molar-refractivity contribution in [2.24, 2.45) is 0 Å². The molecule has 0 bridgehead atoms. The standard InChI is InChI=1S/C21H18N4O2/c1-13(26)14-3-5-15(6-4-14)21-18-8-7-17(27-2)11-16(18)12-20(24-21)23-19-9-10-22-25-19/h3-12H,1-2H3,(H2,22,23,24,25). The molecule has 0 saturated carbocycles. The summed E-state index contributed by atoms with van der Waals surface area (Å²) in [6.07, 6.45) is 1.67. The van der Waals surface area contributed by atoms with Crippen molar-refractivity contribution < 1.29 is 9.53 Å². The first-order chi connectivity index (χ1) is 13.1. The number of hydrogen-bond acceptors (Lipinski definition) is 5. The zero-order chi connectivity index (χ0) is 18.8. The van der Waals surface area contributed by atoms with Crippen LogP contribution in [0.25, 0.3) is 22.0 Å². The van der Waals surface area contributed by atoms with Crippen molar-refractivity contribution in [2.75, 3.05) is 12.4 Å². The summed E-state index contributed by atoms with van der Waals surface area (Å²) in [6.45, 7) is 1.56. The van der Waals surface area contributed by atoms with Crippen LogP contribution in [0.4, 0.5) is 11.6 Å². The van der Waals surface area contributed by atoms with Crippen molar-refractivity contribution in [3.8, 4) is 17.0 Å². The van der Waals surface area contributed by atoms with E-state index in [9.17, 15) is 4.79 Å². The maximum atomic E-state index is 11.6. The van der Waals surface area contributed by atoms with E-state index in [1.54, 1.807) is 20.2 Å². The molecule has 4 rings (SSSR count). The molecule has 0 radical (unpaired) electrons. The highest BCUT2D eigenvalue weighted by Crippen LogP contribution is 2.32. The third-order valence-electron chi connectivity index (χ3n) is 4.37. The summed E-state index contributed by atoms with van der Waals surface area (Å²) in [5.41, 5.74) is 2.44. The highest BCUT2D eigenvalue weighted by Gasteiger charge is 2.11. The van der Waals surface area contributed by atoms with E-state index < -0.39 is 0 Å². The Hall–Kier alpha value is -3.67. The number of H-pyrrole nitrogens is 1. The van der Waals surface area contributed by atoms with Gasteiger partial charge in [-0.2, -0.15) is 5.10 Å². The van der Waals surface area contributed by atoms with Gasteiger partial charge in [-0.15, -0.1) is 0 Å². The summed E-state index contributed by atoms with van der Waals surface area (Å²) < 4.78 is 5.36. The molecule has 0 saturated heterocycles. The monoisotopic (exact) mass is 358 g/mol. The third kappa shape index (κ3) is 3.37. The minimum Gasteiger partial charge on any atom is -0.497 e. The molecule has 0 fully saturated rings. The summed E-state index contributed by atoms with van der Waals surface area (Å²) in [5.74, 6) is 2.26. The lowest BCUT2D eigenvalue weighted by Crippen LogP contribution is -1.98. The highest BCUT2D eigenvalue weighted by molar-refractivity contribution is 5.98. The van der Waals surface area contributed by atoms with Crippen molar-refractivity contribution in [1.82, 2.24) is 15.2 Å². The molecule has 0 unspecified atom stereocenters. The Balaban J connectivity index is 1.87. The first-order valence-electron chi connectivity index (χ1n) is 8.50. The second-order valence-corrected chi connectivity index (χ2v) is 6.17. The number of pyridine rings is 1. The first kappa shape index (κ1) is 16.8. The molecule has 27 heavy (non-hydrogen) atoms. The molecular weight excluding hydrogens is 340 g/mol. The van der Waals surface area contributed by atoms with E-state index in [1.807, 2.05) is 54.6 Å². The van der Waals surface area contributed by atoms with Crippen LogP contribution in [0, 0.1) is 0 Å². The molecule has 134 valence electrons. The number of carbonyl (C=O) groups is 1. The Labute approximate surface area is 156 Å². The molecule has 2 aromatic carbocycles. The quantitative estimate of drug-likeness (QED) is 0.511. The van der Waals surface area contributed by atoms with Gasteiger partial charge in [-0.05, 0) is 36.6 Å². The van der Waals surface area contributed by atoms with Gasteiger partial charge in [0, 0.05) is 22.6 Å². The van der Waals surface area contributed by atoms with Crippen LogP contribution < -0.4 is 10.1 Å². The van der Waals surface area contributed by atoms with Gasteiger partial charge in [-0.3, -0.25) is 9.89 Å². The number of ether oxygens (including phenoxy) is 1. The Morgan fingerprint density at radius 3 is 2.56 bits per heavy atom. The second-order valence-electron chi connectivity index (χ2n) is 6.17. The molecule has 0 spiro atoms. The molecule has 0 atom stereocenters. The lowest BCUT2D eigenvalue weighted by Gasteiger charge is -2.12. The number of rotatable bonds is 5. The van der Waals surface area contributed by atoms with Gasteiger partial charge in [-0.1, -0.05) is 24.3 Å². The van der Waals surface area contributed by atoms with Crippen molar-refractivity contribution in [2.45, 2.75) is 6.92 Å². The summed E-state index contributed by atoms with van der Waals surface area (Å²) >= 11 is 0. The fraction of sp³-hybridized carbons (Fsp3) is 0.0952. The Morgan fingerprint density at radius 2 is 1.89 bits per heavy atom. The second kappa shape index (κ2) is 6.92. The number of anilines is 2. The number of nitrogens with zero attached hydrogens (tertiary/aromatic N) is 2. The van der Waals surface area contributed by atoms with Gasteiger partial charge in [0.05, 0.1) is 19.0 Å². The molecule has 2 aromatic heterocycles. The summed E-state index contributed by atoms with van der Waals surface area (Å²) in [7, 11) is 1.65. The Kier molecular flexibility index (Phi) is 4.30. The SMILES string of the molecule is COc1ccc2c(-c3ccc(C(C)=O)cc3)nc(Nc3ccn[nH]3)cc2c1. The minimum absolute atomic E-state index is 0.0405. The molecule has 2 heterocycles. The Bertz CT molecular complexity index is 1100. The van der Waals surface area contributed by atoms with Gasteiger partial charge >= 0.3 is 0 Å². The lowest BCUT2D eigenvalue weighted by atomic mass is 10.0. The van der Waals surface area contributed by atoms with Crippen LogP contribution in [0.5, 0.6) is 5.75 Å². The number of fused-ring (bicyclic) bond motifs is 1. The molecular formula is C21H18N4O2. The van der Waals surface area contributed by atoms with Crippen molar-refractivity contribution in [3.05, 3.63) is 66.4 Å². The summed E-state index contributed by atoms with van der Waals surface area (Å²) in [5, 5.41) is 12.0. The zero-order valence-corrected chi connectivity index (χ0v) is 15.0. The molecule has 2 N–H and O–H groups in total. The number of Topliss-reactive ketones (excluding diaryl/α,β-unsaturated/α-hetero) is 1. The number of methoxy groups -OCH3 is 1. The molecule has 0 aliphatic carbocycles.